The van der Waals surface area contributed by atoms with Gasteiger partial charge in [-0.3, -0.25) is 0 Å². The van der Waals surface area contributed by atoms with Crippen LogP contribution in [0, 0.1) is 5.41 Å². The molecule has 0 saturated carbocycles. The fourth-order valence-electron chi connectivity index (χ4n) is 8.61. The molecule has 300 valence electrons. The Bertz CT molecular complexity index is 3100. The maximum absolute atomic E-state index is 5.35. The van der Waals surface area contributed by atoms with E-state index in [9.17, 15) is 0 Å². The number of benzene rings is 8. The van der Waals surface area contributed by atoms with Gasteiger partial charge in [-0.25, -0.2) is 15.0 Å². The van der Waals surface area contributed by atoms with E-state index in [0.717, 1.165) is 57.9 Å². The summed E-state index contributed by atoms with van der Waals surface area (Å²) in [5.41, 5.74) is 15.2. The van der Waals surface area contributed by atoms with E-state index in [-0.39, 0.29) is 5.41 Å². The minimum absolute atomic E-state index is 0.245. The van der Waals surface area contributed by atoms with Crippen LogP contribution in [0.3, 0.4) is 0 Å². The third-order valence-corrected chi connectivity index (χ3v) is 13.7. The van der Waals surface area contributed by atoms with Crippen LogP contribution in [0.4, 0.5) is 0 Å². The normalized spacial score (nSPS) is 12.6. The molecular weight excluding hydrogens is 770 g/mol. The topological polar surface area (TPSA) is 38.7 Å². The van der Waals surface area contributed by atoms with Crippen LogP contribution in [-0.2, 0) is 6.42 Å². The van der Waals surface area contributed by atoms with Gasteiger partial charge in [0.25, 0.3) is 0 Å². The van der Waals surface area contributed by atoms with E-state index in [1.165, 1.54) is 49.5 Å². The molecule has 1 aliphatic rings. The second-order valence-corrected chi connectivity index (χ2v) is 18.7. The van der Waals surface area contributed by atoms with Gasteiger partial charge in [-0.15, -0.1) is 0 Å². The van der Waals surface area contributed by atoms with Gasteiger partial charge in [0.15, 0.2) is 17.5 Å². The molecule has 0 amide bonds. The molecule has 1 atom stereocenters. The maximum Gasteiger partial charge on any atom is 0.164 e. The summed E-state index contributed by atoms with van der Waals surface area (Å²) in [6.07, 6.45) is 7.84. The van der Waals surface area contributed by atoms with Crippen molar-refractivity contribution in [3.05, 3.63) is 199 Å². The molecule has 0 fully saturated rings. The molecule has 8 aromatic carbocycles. The van der Waals surface area contributed by atoms with Crippen molar-refractivity contribution in [3.63, 3.8) is 0 Å². The van der Waals surface area contributed by atoms with Crippen molar-refractivity contribution in [2.45, 2.75) is 33.6 Å². The molecule has 0 aliphatic heterocycles. The summed E-state index contributed by atoms with van der Waals surface area (Å²) in [6.45, 7) is 6.92. The first-order chi connectivity index (χ1) is 30.3. The number of nitrogens with zero attached hydrogens (tertiary/aromatic N) is 3. The first kappa shape index (κ1) is 39.3. The largest absolute Gasteiger partial charge is 0.208 e. The molecule has 1 aromatic heterocycles. The average molecular weight is 818 g/mol. The van der Waals surface area contributed by atoms with E-state index in [4.69, 9.17) is 15.0 Å². The highest BCUT2D eigenvalue weighted by atomic mass is 31.1. The molecule has 0 bridgehead atoms. The van der Waals surface area contributed by atoms with E-state index in [1.54, 1.807) is 0 Å². The molecule has 10 rings (SSSR count). The Morgan fingerprint density at radius 1 is 0.452 bits per heavy atom. The van der Waals surface area contributed by atoms with Crippen LogP contribution in [0.15, 0.2) is 188 Å². The second kappa shape index (κ2) is 16.9. The number of hydrogen-bond acceptors (Lipinski definition) is 3. The zero-order valence-electron chi connectivity index (χ0n) is 35.4. The zero-order valence-corrected chi connectivity index (χ0v) is 36.4. The minimum atomic E-state index is 0.245. The molecule has 0 saturated heterocycles. The quantitative estimate of drug-likeness (QED) is 0.136. The lowest BCUT2D eigenvalue weighted by atomic mass is 9.86. The summed E-state index contributed by atoms with van der Waals surface area (Å²) in [5, 5.41) is 3.75. The van der Waals surface area contributed by atoms with E-state index < -0.39 is 0 Å². The van der Waals surface area contributed by atoms with Crippen LogP contribution in [0.25, 0.3) is 95.5 Å². The third kappa shape index (κ3) is 8.17. The highest BCUT2D eigenvalue weighted by Gasteiger charge is 2.20. The van der Waals surface area contributed by atoms with Crippen molar-refractivity contribution in [2.24, 2.45) is 5.41 Å². The van der Waals surface area contributed by atoms with Crippen LogP contribution >= 0.6 is 8.58 Å². The molecule has 1 aliphatic carbocycles. The monoisotopic (exact) mass is 817 g/mol. The summed E-state index contributed by atoms with van der Waals surface area (Å²) >= 11 is 0. The Balaban J connectivity index is 1.17. The number of rotatable bonds is 9. The fourth-order valence-corrected chi connectivity index (χ4v) is 9.82. The van der Waals surface area contributed by atoms with Gasteiger partial charge in [0.2, 0.25) is 0 Å². The van der Waals surface area contributed by atoms with Crippen LogP contribution in [0.1, 0.15) is 38.3 Å². The Hall–Kier alpha value is -6.80. The number of allylic oxidation sites excluding steroid dienone is 1. The fraction of sp³-hybridized carbons (Fsp3) is 0.121. The highest BCUT2D eigenvalue weighted by molar-refractivity contribution is 7.47. The molecule has 9 aromatic rings. The summed E-state index contributed by atoms with van der Waals surface area (Å²) in [6, 6.07) is 65.5. The lowest BCUT2D eigenvalue weighted by Crippen LogP contribution is -2.10. The molecule has 0 radical (unpaired) electrons. The predicted molar refractivity (Wildman–Crippen MR) is 265 cm³/mol. The Morgan fingerprint density at radius 2 is 0.984 bits per heavy atom. The average Bonchev–Trinajstić information content (AvgIpc) is 3.33. The Kier molecular flexibility index (Phi) is 10.7. The van der Waals surface area contributed by atoms with Gasteiger partial charge in [0, 0.05) is 16.7 Å². The molecule has 1 unspecified atom stereocenters. The molecule has 1 heterocycles. The smallest absolute Gasteiger partial charge is 0.164 e. The molecular formula is C58H48N3P. The van der Waals surface area contributed by atoms with Gasteiger partial charge < -0.3 is 0 Å². The van der Waals surface area contributed by atoms with E-state index in [2.05, 4.69) is 215 Å². The first-order valence-corrected chi connectivity index (χ1v) is 22.8. The van der Waals surface area contributed by atoms with E-state index >= 15 is 0 Å². The van der Waals surface area contributed by atoms with Crippen LogP contribution < -0.4 is 5.30 Å². The van der Waals surface area contributed by atoms with Crippen molar-refractivity contribution in [2.75, 3.05) is 6.16 Å². The molecule has 62 heavy (non-hydrogen) atoms. The molecule has 0 N–H and O–H groups in total. The van der Waals surface area contributed by atoms with Crippen molar-refractivity contribution in [1.82, 2.24) is 15.0 Å². The number of hydrogen-bond donors (Lipinski definition) is 0. The predicted octanol–water partition coefficient (Wildman–Crippen LogP) is 15.0. The van der Waals surface area contributed by atoms with Gasteiger partial charge in [0.1, 0.15) is 0 Å². The lowest BCUT2D eigenvalue weighted by Gasteiger charge is -2.19. The van der Waals surface area contributed by atoms with E-state index in [0.29, 0.717) is 26.1 Å². The first-order valence-electron chi connectivity index (χ1n) is 21.6. The van der Waals surface area contributed by atoms with Gasteiger partial charge in [-0.05, 0) is 114 Å². The van der Waals surface area contributed by atoms with Gasteiger partial charge in [0.05, 0.1) is 0 Å². The minimum Gasteiger partial charge on any atom is -0.208 e. The van der Waals surface area contributed by atoms with Crippen molar-refractivity contribution in [1.29, 1.82) is 0 Å². The van der Waals surface area contributed by atoms with Gasteiger partial charge in [-0.2, -0.15) is 0 Å². The van der Waals surface area contributed by atoms with Crippen molar-refractivity contribution in [3.8, 4) is 78.7 Å². The van der Waals surface area contributed by atoms with Crippen LogP contribution in [0.2, 0.25) is 0 Å². The van der Waals surface area contributed by atoms with Crippen LogP contribution in [-0.4, -0.2) is 21.1 Å². The SMILES string of the molecule is CC(C)(C)CPc1cccc(-c2nc(-c3ccc(-c4cccc5c4C=CCC5)c(-c4ccccc4)c3)nc(-c3ccc(-c4cccc5ccccc45)c(-c4ccccc4)c3)n2)c1. The van der Waals surface area contributed by atoms with Gasteiger partial charge in [-0.1, -0.05) is 205 Å². The zero-order chi connectivity index (χ0) is 42.0. The lowest BCUT2D eigenvalue weighted by molar-refractivity contribution is 0.479. The molecule has 3 nitrogen and oxygen atoms in total. The number of aryl methyl sites for hydroxylation is 1. The number of aromatic nitrogens is 3. The summed E-state index contributed by atoms with van der Waals surface area (Å²) in [5.74, 6) is 1.95. The standard InChI is InChI=1S/C58H48N3P/c1-58(2,3)38-62-46-26-14-25-43(35-46)55-59-56(44-31-33-51(53(36-44)41-17-6-4-7-18-41)49-29-15-23-39-21-10-12-27-47(39)49)61-57(60-55)45-32-34-52(54(37-45)42-19-8-5-9-20-42)50-30-16-24-40-22-11-13-28-48(40)50/h4-10,12-21,23-37,62H,11,22,38H2,1-3H3. The maximum atomic E-state index is 5.35. The summed E-state index contributed by atoms with van der Waals surface area (Å²) in [7, 11) is 0.690. The van der Waals surface area contributed by atoms with Crippen molar-refractivity contribution < 1.29 is 0 Å². The Morgan fingerprint density at radius 3 is 1.65 bits per heavy atom. The second-order valence-electron chi connectivity index (χ2n) is 17.4. The summed E-state index contributed by atoms with van der Waals surface area (Å²) in [4.78, 5) is 16.0. The van der Waals surface area contributed by atoms with Crippen LogP contribution in [0.5, 0.6) is 0 Å². The molecule has 0 spiro atoms. The highest BCUT2D eigenvalue weighted by Crippen LogP contribution is 2.41. The molecule has 4 heteroatoms. The summed E-state index contributed by atoms with van der Waals surface area (Å²) < 4.78 is 0. The van der Waals surface area contributed by atoms with E-state index in [1.807, 2.05) is 0 Å². The Labute approximate surface area is 367 Å². The number of fused-ring (bicyclic) bond motifs is 2. The van der Waals surface area contributed by atoms with Gasteiger partial charge >= 0.3 is 0 Å². The third-order valence-electron chi connectivity index (χ3n) is 11.7. The van der Waals surface area contributed by atoms with Crippen molar-refractivity contribution >= 4 is 30.7 Å².